The summed E-state index contributed by atoms with van der Waals surface area (Å²) in [7, 11) is 1.63. The highest BCUT2D eigenvalue weighted by molar-refractivity contribution is 5.76. The Morgan fingerprint density at radius 2 is 1.60 bits per heavy atom. The molecule has 5 heteroatoms. The van der Waals surface area contributed by atoms with Crippen molar-refractivity contribution in [1.82, 2.24) is 5.32 Å². The van der Waals surface area contributed by atoms with Crippen molar-refractivity contribution < 1.29 is 14.3 Å². The fraction of sp³-hybridized carbons (Fsp3) is 0.350. The molecular formula is C20H26N2O3. The lowest BCUT2D eigenvalue weighted by molar-refractivity contribution is -0.120. The van der Waals surface area contributed by atoms with Crippen molar-refractivity contribution in [3.8, 4) is 11.5 Å². The van der Waals surface area contributed by atoms with Crippen molar-refractivity contribution >= 4 is 11.6 Å². The van der Waals surface area contributed by atoms with Gasteiger partial charge in [-0.3, -0.25) is 4.79 Å². The second-order valence-electron chi connectivity index (χ2n) is 5.93. The van der Waals surface area contributed by atoms with Crippen LogP contribution in [0.15, 0.2) is 42.5 Å². The van der Waals surface area contributed by atoms with Crippen molar-refractivity contribution in [3.63, 3.8) is 0 Å². The normalized spacial score (nSPS) is 10.2. The highest BCUT2D eigenvalue weighted by Gasteiger charge is 2.02. The first-order valence-electron chi connectivity index (χ1n) is 8.42. The van der Waals surface area contributed by atoms with Gasteiger partial charge in [0.05, 0.1) is 13.7 Å². The number of hydrogen-bond acceptors (Lipinski definition) is 4. The average Bonchev–Trinajstić information content (AvgIpc) is 2.58. The van der Waals surface area contributed by atoms with Crippen LogP contribution >= 0.6 is 0 Å². The molecule has 2 N–H and O–H groups in total. The third-order valence-electron chi connectivity index (χ3n) is 3.66. The molecule has 0 spiro atoms. The molecule has 2 rings (SSSR count). The number of nitrogens with one attached hydrogen (secondary N) is 2. The lowest BCUT2D eigenvalue weighted by atomic mass is 10.1. The van der Waals surface area contributed by atoms with Crippen LogP contribution in [0.5, 0.6) is 11.5 Å². The molecule has 0 saturated carbocycles. The molecule has 1 amide bonds. The van der Waals surface area contributed by atoms with Crippen LogP contribution in [-0.2, 0) is 4.79 Å². The number of methoxy groups -OCH3 is 1. The number of rotatable bonds is 9. The van der Waals surface area contributed by atoms with Gasteiger partial charge >= 0.3 is 0 Å². The van der Waals surface area contributed by atoms with E-state index in [1.54, 1.807) is 7.11 Å². The molecule has 2 aromatic rings. The van der Waals surface area contributed by atoms with Gasteiger partial charge in [0, 0.05) is 18.7 Å². The van der Waals surface area contributed by atoms with Crippen LogP contribution in [-0.4, -0.2) is 32.7 Å². The number of carbonyl (C=O) groups excluding carboxylic acids is 1. The smallest absolute Gasteiger partial charge is 0.221 e. The van der Waals surface area contributed by atoms with Crippen LogP contribution in [0.4, 0.5) is 5.69 Å². The largest absolute Gasteiger partial charge is 0.497 e. The van der Waals surface area contributed by atoms with Crippen molar-refractivity contribution in [2.75, 3.05) is 32.1 Å². The van der Waals surface area contributed by atoms with Crippen LogP contribution in [0.3, 0.4) is 0 Å². The molecule has 0 saturated heterocycles. The highest BCUT2D eigenvalue weighted by Crippen LogP contribution is 2.16. The summed E-state index contributed by atoms with van der Waals surface area (Å²) in [4.78, 5) is 11.8. The molecule has 5 nitrogen and oxygen atoms in total. The second kappa shape index (κ2) is 9.57. The standard InChI is InChI=1S/C20H26N2O3/c1-15-12-16(2)14-17(13-15)21-9-8-20(23)22-10-11-25-19-6-4-18(24-3)5-7-19/h4-7,12-14,21H,8-11H2,1-3H3,(H,22,23). The Kier molecular flexibility index (Phi) is 7.14. The first-order valence-corrected chi connectivity index (χ1v) is 8.42. The number of hydrogen-bond donors (Lipinski definition) is 2. The van der Waals surface area contributed by atoms with Gasteiger partial charge in [0.1, 0.15) is 18.1 Å². The molecule has 0 heterocycles. The molecule has 0 bridgehead atoms. The van der Waals surface area contributed by atoms with E-state index in [0.29, 0.717) is 26.1 Å². The zero-order valence-electron chi connectivity index (χ0n) is 15.1. The lowest BCUT2D eigenvalue weighted by Gasteiger charge is -2.10. The first-order chi connectivity index (χ1) is 12.1. The minimum absolute atomic E-state index is 0.00945. The summed E-state index contributed by atoms with van der Waals surface area (Å²) in [5, 5.41) is 6.14. The van der Waals surface area contributed by atoms with Crippen LogP contribution < -0.4 is 20.1 Å². The summed E-state index contributed by atoms with van der Waals surface area (Å²) in [5.74, 6) is 1.55. The van der Waals surface area contributed by atoms with Gasteiger partial charge in [0.25, 0.3) is 0 Å². The van der Waals surface area contributed by atoms with E-state index in [0.717, 1.165) is 17.2 Å². The van der Waals surface area contributed by atoms with Gasteiger partial charge in [-0.1, -0.05) is 6.07 Å². The zero-order valence-corrected chi connectivity index (χ0v) is 15.1. The van der Waals surface area contributed by atoms with E-state index in [9.17, 15) is 4.79 Å². The fourth-order valence-corrected chi connectivity index (χ4v) is 2.52. The summed E-state index contributed by atoms with van der Waals surface area (Å²) in [6, 6.07) is 13.6. The third-order valence-corrected chi connectivity index (χ3v) is 3.66. The molecule has 2 aromatic carbocycles. The van der Waals surface area contributed by atoms with E-state index >= 15 is 0 Å². The SMILES string of the molecule is COc1ccc(OCCNC(=O)CCNc2cc(C)cc(C)c2)cc1. The number of anilines is 1. The van der Waals surface area contributed by atoms with Crippen molar-refractivity contribution in [2.24, 2.45) is 0 Å². The summed E-state index contributed by atoms with van der Waals surface area (Å²) in [5.41, 5.74) is 3.47. The molecule has 0 radical (unpaired) electrons. The average molecular weight is 342 g/mol. The lowest BCUT2D eigenvalue weighted by Crippen LogP contribution is -2.29. The molecule has 25 heavy (non-hydrogen) atoms. The summed E-state index contributed by atoms with van der Waals surface area (Å²) in [6.45, 7) is 5.65. The Hall–Kier alpha value is -2.69. The van der Waals surface area contributed by atoms with Crippen molar-refractivity contribution in [2.45, 2.75) is 20.3 Å². The van der Waals surface area contributed by atoms with Gasteiger partial charge in [0.2, 0.25) is 5.91 Å². The van der Waals surface area contributed by atoms with Crippen LogP contribution in [0.2, 0.25) is 0 Å². The summed E-state index contributed by atoms with van der Waals surface area (Å²) in [6.07, 6.45) is 0.426. The molecule has 0 aliphatic carbocycles. The van der Waals surface area contributed by atoms with E-state index < -0.39 is 0 Å². The van der Waals surface area contributed by atoms with E-state index in [2.05, 4.69) is 42.7 Å². The Balaban J connectivity index is 1.60. The Bertz CT molecular complexity index is 664. The minimum atomic E-state index is 0.00945. The zero-order chi connectivity index (χ0) is 18.1. The minimum Gasteiger partial charge on any atom is -0.497 e. The molecule has 0 unspecified atom stereocenters. The van der Waals surface area contributed by atoms with Gasteiger partial charge < -0.3 is 20.1 Å². The Morgan fingerprint density at radius 1 is 0.960 bits per heavy atom. The first kappa shape index (κ1) is 18.6. The van der Waals surface area contributed by atoms with Crippen molar-refractivity contribution in [3.05, 3.63) is 53.6 Å². The van der Waals surface area contributed by atoms with Crippen LogP contribution in [0, 0.1) is 13.8 Å². The predicted octanol–water partition coefficient (Wildman–Crippen LogP) is 3.31. The molecule has 134 valence electrons. The molecular weight excluding hydrogens is 316 g/mol. The van der Waals surface area contributed by atoms with Gasteiger partial charge in [-0.05, 0) is 61.4 Å². The van der Waals surface area contributed by atoms with Crippen LogP contribution in [0.1, 0.15) is 17.5 Å². The quantitative estimate of drug-likeness (QED) is 0.687. The fourth-order valence-electron chi connectivity index (χ4n) is 2.52. The van der Waals surface area contributed by atoms with Gasteiger partial charge in [-0.2, -0.15) is 0 Å². The molecule has 0 fully saturated rings. The predicted molar refractivity (Wildman–Crippen MR) is 101 cm³/mol. The van der Waals surface area contributed by atoms with Gasteiger partial charge in [-0.25, -0.2) is 0 Å². The maximum absolute atomic E-state index is 11.8. The summed E-state index contributed by atoms with van der Waals surface area (Å²) >= 11 is 0. The monoisotopic (exact) mass is 342 g/mol. The molecule has 0 aromatic heterocycles. The van der Waals surface area contributed by atoms with Crippen molar-refractivity contribution in [1.29, 1.82) is 0 Å². The maximum Gasteiger partial charge on any atom is 0.221 e. The summed E-state index contributed by atoms with van der Waals surface area (Å²) < 4.78 is 10.7. The highest BCUT2D eigenvalue weighted by atomic mass is 16.5. The Morgan fingerprint density at radius 3 is 2.24 bits per heavy atom. The number of amides is 1. The second-order valence-corrected chi connectivity index (χ2v) is 5.93. The Labute approximate surface area is 149 Å². The van der Waals surface area contributed by atoms with Crippen LogP contribution in [0.25, 0.3) is 0 Å². The van der Waals surface area contributed by atoms with E-state index in [1.165, 1.54) is 11.1 Å². The number of ether oxygens (including phenoxy) is 2. The number of carbonyl (C=O) groups is 1. The molecule has 0 aliphatic rings. The third kappa shape index (κ3) is 6.75. The van der Waals surface area contributed by atoms with Gasteiger partial charge in [-0.15, -0.1) is 0 Å². The van der Waals surface area contributed by atoms with Gasteiger partial charge in [0.15, 0.2) is 0 Å². The maximum atomic E-state index is 11.8. The molecule has 0 atom stereocenters. The number of benzene rings is 2. The van der Waals surface area contributed by atoms with E-state index in [1.807, 2.05) is 24.3 Å². The molecule has 0 aliphatic heterocycles. The number of aryl methyl sites for hydroxylation is 2. The van der Waals surface area contributed by atoms with E-state index in [-0.39, 0.29) is 5.91 Å². The topological polar surface area (TPSA) is 59.6 Å². The van der Waals surface area contributed by atoms with E-state index in [4.69, 9.17) is 9.47 Å².